The summed E-state index contributed by atoms with van der Waals surface area (Å²) in [5.41, 5.74) is 3.26. The molecule has 2 aromatic carbocycles. The predicted octanol–water partition coefficient (Wildman–Crippen LogP) is 3.50. The normalized spacial score (nSPS) is 10.2. The van der Waals surface area contributed by atoms with Gasteiger partial charge < -0.3 is 9.47 Å². The van der Waals surface area contributed by atoms with Crippen LogP contribution in [0.25, 0.3) is 0 Å². The Bertz CT molecular complexity index is 1190. The Morgan fingerprint density at radius 2 is 1.72 bits per heavy atom. The first-order valence-electron chi connectivity index (χ1n) is 8.61. The van der Waals surface area contributed by atoms with Crippen molar-refractivity contribution < 1.29 is 24.1 Å². The number of carbonyl (C=O) groups is 1. The van der Waals surface area contributed by atoms with Crippen molar-refractivity contribution in [2.24, 2.45) is 0 Å². The van der Waals surface area contributed by atoms with E-state index in [9.17, 15) is 25.0 Å². The van der Waals surface area contributed by atoms with E-state index in [0.717, 1.165) is 12.4 Å². The maximum absolute atomic E-state index is 12.3. The highest BCUT2D eigenvalue weighted by Gasteiger charge is 2.26. The minimum Gasteiger partial charge on any atom is -0.497 e. The van der Waals surface area contributed by atoms with E-state index in [2.05, 4.69) is 20.8 Å². The van der Waals surface area contributed by atoms with Gasteiger partial charge in [0.05, 0.1) is 17.0 Å². The van der Waals surface area contributed by atoms with Crippen molar-refractivity contribution >= 4 is 34.7 Å². The van der Waals surface area contributed by atoms with Crippen molar-refractivity contribution in [3.63, 3.8) is 0 Å². The molecule has 1 amide bonds. The predicted molar refractivity (Wildman–Crippen MR) is 111 cm³/mol. The molecule has 1 heterocycles. The highest BCUT2D eigenvalue weighted by Crippen LogP contribution is 2.34. The van der Waals surface area contributed by atoms with Gasteiger partial charge >= 0.3 is 11.6 Å². The molecule has 0 atom stereocenters. The second kappa shape index (κ2) is 9.53. The fourth-order valence-corrected chi connectivity index (χ4v) is 2.62. The van der Waals surface area contributed by atoms with E-state index in [-0.39, 0.29) is 28.0 Å². The third-order valence-electron chi connectivity index (χ3n) is 3.94. The quantitative estimate of drug-likeness (QED) is 0.374. The lowest BCUT2D eigenvalue weighted by molar-refractivity contribution is -0.385. The molecular weight excluding hydrogens is 448 g/mol. The third kappa shape index (κ3) is 4.96. The van der Waals surface area contributed by atoms with Crippen molar-refractivity contribution in [1.82, 2.24) is 15.4 Å². The molecule has 0 spiro atoms. The highest BCUT2D eigenvalue weighted by atomic mass is 35.5. The number of methoxy groups -OCH3 is 1. The number of ether oxygens (including phenoxy) is 2. The maximum atomic E-state index is 12.3. The molecule has 0 bridgehead atoms. The number of hydrogen-bond acceptors (Lipinski definition) is 10. The molecule has 3 aromatic rings. The fraction of sp³-hybridized carbons (Fsp3) is 0.0556. The second-order valence-electron chi connectivity index (χ2n) is 5.91. The van der Waals surface area contributed by atoms with Gasteiger partial charge in [-0.3, -0.25) is 35.9 Å². The zero-order valence-electron chi connectivity index (χ0n) is 16.1. The average Bonchev–Trinajstić information content (AvgIpc) is 2.78. The van der Waals surface area contributed by atoms with Crippen LogP contribution in [-0.2, 0) is 0 Å². The van der Waals surface area contributed by atoms with E-state index in [1.165, 1.54) is 31.4 Å². The molecule has 0 aliphatic rings. The molecule has 0 radical (unpaired) electrons. The summed E-state index contributed by atoms with van der Waals surface area (Å²) in [4.78, 5) is 40.9. The number of benzene rings is 2. The maximum Gasteiger partial charge on any atom is 0.374 e. The van der Waals surface area contributed by atoms with Gasteiger partial charge in [0.15, 0.2) is 0 Å². The van der Waals surface area contributed by atoms with Gasteiger partial charge in [-0.15, -0.1) is 0 Å². The Balaban J connectivity index is 1.81. The Kier molecular flexibility index (Phi) is 6.60. The molecule has 32 heavy (non-hydrogen) atoms. The lowest BCUT2D eigenvalue weighted by Crippen LogP contribution is -2.30. The van der Waals surface area contributed by atoms with E-state index in [4.69, 9.17) is 21.1 Å². The smallest absolute Gasteiger partial charge is 0.374 e. The van der Waals surface area contributed by atoms with Gasteiger partial charge in [-0.1, -0.05) is 11.6 Å². The van der Waals surface area contributed by atoms with Gasteiger partial charge in [0.1, 0.15) is 22.8 Å². The van der Waals surface area contributed by atoms with Gasteiger partial charge in [0.25, 0.3) is 11.6 Å². The van der Waals surface area contributed by atoms with Gasteiger partial charge in [-0.25, -0.2) is 4.98 Å². The van der Waals surface area contributed by atoms with Crippen LogP contribution >= 0.6 is 11.6 Å². The SMILES string of the molecule is COc1ccc(Oc2ncnc(NNC(=O)c3ccc(Cl)c([N+](=O)[O-])c3)c2[N+](=O)[O-])cc1. The van der Waals surface area contributed by atoms with Gasteiger partial charge in [-0.05, 0) is 36.4 Å². The van der Waals surface area contributed by atoms with E-state index in [1.54, 1.807) is 12.1 Å². The standard InChI is InChI=1S/C18H13ClN6O7/c1-31-11-3-5-12(6-4-11)32-18-15(25(29)30)16(20-9-21-18)22-23-17(26)10-2-7-13(19)14(8-10)24(27)28/h2-9H,1H3,(H,23,26)(H,20,21,22). The minimum absolute atomic E-state index is 0.111. The molecule has 13 nitrogen and oxygen atoms in total. The van der Waals surface area contributed by atoms with E-state index >= 15 is 0 Å². The summed E-state index contributed by atoms with van der Waals surface area (Å²) in [7, 11) is 1.49. The lowest BCUT2D eigenvalue weighted by Gasteiger charge is -2.10. The monoisotopic (exact) mass is 460 g/mol. The largest absolute Gasteiger partial charge is 0.497 e. The van der Waals surface area contributed by atoms with Gasteiger partial charge in [0.2, 0.25) is 5.82 Å². The molecule has 2 N–H and O–H groups in total. The Morgan fingerprint density at radius 3 is 2.34 bits per heavy atom. The topological polar surface area (TPSA) is 172 Å². The van der Waals surface area contributed by atoms with Crippen LogP contribution in [-0.4, -0.2) is 32.8 Å². The van der Waals surface area contributed by atoms with Crippen molar-refractivity contribution in [2.45, 2.75) is 0 Å². The molecule has 0 saturated carbocycles. The van der Waals surface area contributed by atoms with Crippen molar-refractivity contribution in [2.75, 3.05) is 12.5 Å². The molecule has 1 aromatic heterocycles. The van der Waals surface area contributed by atoms with Crippen LogP contribution in [0, 0.1) is 20.2 Å². The van der Waals surface area contributed by atoms with Gasteiger partial charge in [0, 0.05) is 11.6 Å². The average molecular weight is 461 g/mol. The second-order valence-corrected chi connectivity index (χ2v) is 6.32. The summed E-state index contributed by atoms with van der Waals surface area (Å²) >= 11 is 5.72. The van der Waals surface area contributed by atoms with Gasteiger partial charge in [-0.2, -0.15) is 4.98 Å². The summed E-state index contributed by atoms with van der Waals surface area (Å²) < 4.78 is 10.5. The van der Waals surface area contributed by atoms with Crippen LogP contribution in [0.5, 0.6) is 17.4 Å². The van der Waals surface area contributed by atoms with Crippen LogP contribution in [0.15, 0.2) is 48.8 Å². The fourth-order valence-electron chi connectivity index (χ4n) is 2.43. The Labute approximate surface area is 184 Å². The van der Waals surface area contributed by atoms with Crippen LogP contribution in [0.2, 0.25) is 5.02 Å². The van der Waals surface area contributed by atoms with Crippen molar-refractivity contribution in [3.8, 4) is 17.4 Å². The number of nitrogens with one attached hydrogen (secondary N) is 2. The number of hydrazine groups is 1. The summed E-state index contributed by atoms with van der Waals surface area (Å²) in [6.07, 6.45) is 0.994. The highest BCUT2D eigenvalue weighted by molar-refractivity contribution is 6.32. The van der Waals surface area contributed by atoms with E-state index < -0.39 is 27.1 Å². The van der Waals surface area contributed by atoms with Crippen molar-refractivity contribution in [1.29, 1.82) is 0 Å². The first-order valence-corrected chi connectivity index (χ1v) is 8.99. The number of nitrogens with zero attached hydrogens (tertiary/aromatic N) is 4. The summed E-state index contributed by atoms with van der Waals surface area (Å²) in [5.74, 6) is -0.771. The first-order chi connectivity index (χ1) is 15.3. The molecule has 14 heteroatoms. The first kappa shape index (κ1) is 22.2. The Hall–Kier alpha value is -4.52. The molecule has 3 rings (SSSR count). The van der Waals surface area contributed by atoms with Crippen LogP contribution in [0.3, 0.4) is 0 Å². The Morgan fingerprint density at radius 1 is 1.03 bits per heavy atom. The number of nitro benzene ring substituents is 1. The molecule has 0 saturated heterocycles. The number of rotatable bonds is 8. The third-order valence-corrected chi connectivity index (χ3v) is 4.26. The number of aromatic nitrogens is 2. The summed E-state index contributed by atoms with van der Waals surface area (Å²) in [5, 5.41) is 22.4. The zero-order chi connectivity index (χ0) is 23.3. The van der Waals surface area contributed by atoms with Crippen molar-refractivity contribution in [3.05, 3.63) is 79.6 Å². The number of hydrogen-bond donors (Lipinski definition) is 2. The van der Waals surface area contributed by atoms with Crippen LogP contribution in [0.4, 0.5) is 17.2 Å². The molecule has 0 unspecified atom stereocenters. The number of nitro groups is 2. The number of amides is 1. The van der Waals surface area contributed by atoms with E-state index in [0.29, 0.717) is 5.75 Å². The van der Waals surface area contributed by atoms with Crippen LogP contribution < -0.4 is 20.3 Å². The molecule has 0 fully saturated rings. The minimum atomic E-state index is -0.824. The molecule has 164 valence electrons. The molecule has 0 aliphatic carbocycles. The zero-order valence-corrected chi connectivity index (χ0v) is 16.9. The summed E-state index contributed by atoms with van der Waals surface area (Å²) in [6.45, 7) is 0. The number of carbonyl (C=O) groups excluding carboxylic acids is 1. The summed E-state index contributed by atoms with van der Waals surface area (Å²) in [6, 6.07) is 9.62. The lowest BCUT2D eigenvalue weighted by atomic mass is 10.2. The van der Waals surface area contributed by atoms with E-state index in [1.807, 2.05) is 0 Å². The van der Waals surface area contributed by atoms with Crippen LogP contribution in [0.1, 0.15) is 10.4 Å². The molecule has 0 aliphatic heterocycles. The molecular formula is C18H13ClN6O7. The number of halogens is 1. The number of anilines is 1.